The highest BCUT2D eigenvalue weighted by Crippen LogP contribution is 2.19. The Labute approximate surface area is 102 Å². The summed E-state index contributed by atoms with van der Waals surface area (Å²) < 4.78 is 13.2. The second-order valence-electron chi connectivity index (χ2n) is 3.26. The molecule has 0 aliphatic rings. The SMILES string of the molecule is C=C(CC(=O)Nc1cc(Cl)ccc1F)C(=O)O. The zero-order valence-corrected chi connectivity index (χ0v) is 9.42. The molecular weight excluding hydrogens is 249 g/mol. The first-order valence-electron chi connectivity index (χ1n) is 4.56. The first kappa shape index (κ1) is 13.2. The number of aliphatic carboxylic acids is 1. The number of hydrogen-bond acceptors (Lipinski definition) is 2. The van der Waals surface area contributed by atoms with Crippen LogP contribution in [0.25, 0.3) is 0 Å². The minimum atomic E-state index is -1.27. The Morgan fingerprint density at radius 2 is 2.12 bits per heavy atom. The van der Waals surface area contributed by atoms with E-state index in [0.29, 0.717) is 0 Å². The summed E-state index contributed by atoms with van der Waals surface area (Å²) in [5, 5.41) is 11.0. The number of nitrogens with one attached hydrogen (secondary N) is 1. The molecule has 1 aromatic rings. The number of carboxylic acids is 1. The van der Waals surface area contributed by atoms with E-state index in [4.69, 9.17) is 16.7 Å². The van der Waals surface area contributed by atoms with Gasteiger partial charge in [0.1, 0.15) is 5.82 Å². The van der Waals surface area contributed by atoms with Crippen LogP contribution in [0.5, 0.6) is 0 Å². The Morgan fingerprint density at radius 3 is 2.71 bits per heavy atom. The summed E-state index contributed by atoms with van der Waals surface area (Å²) >= 11 is 5.63. The smallest absolute Gasteiger partial charge is 0.331 e. The lowest BCUT2D eigenvalue weighted by Crippen LogP contribution is -2.15. The molecule has 0 fully saturated rings. The van der Waals surface area contributed by atoms with E-state index in [1.54, 1.807) is 0 Å². The Kier molecular flexibility index (Phi) is 4.23. The van der Waals surface area contributed by atoms with Gasteiger partial charge in [-0.15, -0.1) is 0 Å². The molecule has 1 rings (SSSR count). The van der Waals surface area contributed by atoms with Crippen LogP contribution < -0.4 is 5.32 Å². The molecule has 1 aromatic carbocycles. The lowest BCUT2D eigenvalue weighted by molar-refractivity contribution is -0.133. The van der Waals surface area contributed by atoms with Crippen LogP contribution in [0.2, 0.25) is 5.02 Å². The van der Waals surface area contributed by atoms with Gasteiger partial charge in [-0.3, -0.25) is 4.79 Å². The zero-order chi connectivity index (χ0) is 13.0. The molecule has 17 heavy (non-hydrogen) atoms. The average molecular weight is 258 g/mol. The van der Waals surface area contributed by atoms with Crippen molar-refractivity contribution >= 4 is 29.2 Å². The summed E-state index contributed by atoms with van der Waals surface area (Å²) in [5.74, 6) is -2.59. The van der Waals surface area contributed by atoms with Gasteiger partial charge in [-0.1, -0.05) is 18.2 Å². The van der Waals surface area contributed by atoms with Crippen molar-refractivity contribution < 1.29 is 19.1 Å². The third-order valence-corrected chi connectivity index (χ3v) is 2.11. The predicted octanol–water partition coefficient (Wildman–Crippen LogP) is 2.45. The maximum Gasteiger partial charge on any atom is 0.331 e. The molecule has 0 heterocycles. The Balaban J connectivity index is 2.71. The van der Waals surface area contributed by atoms with Crippen LogP contribution in [0.15, 0.2) is 30.4 Å². The van der Waals surface area contributed by atoms with Gasteiger partial charge >= 0.3 is 5.97 Å². The summed E-state index contributed by atoms with van der Waals surface area (Å²) in [5.41, 5.74) is -0.370. The minimum Gasteiger partial charge on any atom is -0.478 e. The summed E-state index contributed by atoms with van der Waals surface area (Å²) in [7, 11) is 0. The van der Waals surface area contributed by atoms with Gasteiger partial charge < -0.3 is 10.4 Å². The highest BCUT2D eigenvalue weighted by molar-refractivity contribution is 6.30. The highest BCUT2D eigenvalue weighted by Gasteiger charge is 2.12. The molecule has 0 saturated heterocycles. The monoisotopic (exact) mass is 257 g/mol. The van der Waals surface area contributed by atoms with Gasteiger partial charge in [0.05, 0.1) is 12.1 Å². The van der Waals surface area contributed by atoms with Gasteiger partial charge in [0, 0.05) is 10.6 Å². The molecule has 0 unspecified atom stereocenters. The van der Waals surface area contributed by atoms with Crippen molar-refractivity contribution in [2.24, 2.45) is 0 Å². The minimum absolute atomic E-state index is 0.0966. The zero-order valence-electron chi connectivity index (χ0n) is 8.67. The lowest BCUT2D eigenvalue weighted by Gasteiger charge is -2.06. The molecule has 6 heteroatoms. The van der Waals surface area contributed by atoms with E-state index in [0.717, 1.165) is 6.07 Å². The van der Waals surface area contributed by atoms with Crippen molar-refractivity contribution in [1.82, 2.24) is 0 Å². The molecule has 0 aliphatic carbocycles. The standard InChI is InChI=1S/C11H9ClFNO3/c1-6(11(16)17)4-10(15)14-9-5-7(12)2-3-8(9)13/h2-3,5H,1,4H2,(H,14,15)(H,16,17). The summed E-state index contributed by atoms with van der Waals surface area (Å²) in [6.45, 7) is 3.20. The number of carboxylic acid groups (broad SMARTS) is 1. The van der Waals surface area contributed by atoms with Crippen LogP contribution in [0.1, 0.15) is 6.42 Å². The molecular formula is C11H9ClFNO3. The Bertz CT molecular complexity index is 488. The largest absolute Gasteiger partial charge is 0.478 e. The molecule has 0 bridgehead atoms. The second-order valence-corrected chi connectivity index (χ2v) is 3.69. The van der Waals surface area contributed by atoms with Gasteiger partial charge in [0.15, 0.2) is 0 Å². The number of amides is 1. The van der Waals surface area contributed by atoms with E-state index < -0.39 is 24.1 Å². The van der Waals surface area contributed by atoms with Gasteiger partial charge in [0.2, 0.25) is 5.91 Å². The van der Waals surface area contributed by atoms with E-state index in [9.17, 15) is 14.0 Å². The van der Waals surface area contributed by atoms with Gasteiger partial charge in [-0.2, -0.15) is 0 Å². The normalized spacial score (nSPS) is 9.76. The molecule has 2 N–H and O–H groups in total. The van der Waals surface area contributed by atoms with Gasteiger partial charge in [-0.25, -0.2) is 9.18 Å². The van der Waals surface area contributed by atoms with Gasteiger partial charge in [0.25, 0.3) is 0 Å². The van der Waals surface area contributed by atoms with E-state index in [-0.39, 0.29) is 16.3 Å². The first-order valence-corrected chi connectivity index (χ1v) is 4.94. The van der Waals surface area contributed by atoms with Crippen LogP contribution in [-0.4, -0.2) is 17.0 Å². The number of hydrogen-bond donors (Lipinski definition) is 2. The molecule has 0 atom stereocenters. The fraction of sp³-hybridized carbons (Fsp3) is 0.0909. The van der Waals surface area contributed by atoms with Crippen molar-refractivity contribution in [3.8, 4) is 0 Å². The summed E-state index contributed by atoms with van der Waals surface area (Å²) in [4.78, 5) is 21.8. The van der Waals surface area contributed by atoms with Crippen molar-refractivity contribution in [2.45, 2.75) is 6.42 Å². The highest BCUT2D eigenvalue weighted by atomic mass is 35.5. The van der Waals surface area contributed by atoms with Gasteiger partial charge in [-0.05, 0) is 18.2 Å². The maximum absolute atomic E-state index is 13.2. The lowest BCUT2D eigenvalue weighted by atomic mass is 10.2. The maximum atomic E-state index is 13.2. The van der Waals surface area contributed by atoms with Crippen molar-refractivity contribution in [3.05, 3.63) is 41.2 Å². The molecule has 1 amide bonds. The van der Waals surface area contributed by atoms with Crippen LogP contribution in [-0.2, 0) is 9.59 Å². The van der Waals surface area contributed by atoms with Crippen LogP contribution in [0.3, 0.4) is 0 Å². The molecule has 4 nitrogen and oxygen atoms in total. The van der Waals surface area contributed by atoms with Crippen molar-refractivity contribution in [1.29, 1.82) is 0 Å². The number of rotatable bonds is 4. The number of anilines is 1. The molecule has 0 saturated carbocycles. The summed E-state index contributed by atoms with van der Waals surface area (Å²) in [6, 6.07) is 3.67. The number of halogens is 2. The second kappa shape index (κ2) is 5.45. The number of carbonyl (C=O) groups is 2. The van der Waals surface area contributed by atoms with Crippen molar-refractivity contribution in [3.63, 3.8) is 0 Å². The van der Waals surface area contributed by atoms with E-state index in [1.165, 1.54) is 12.1 Å². The predicted molar refractivity (Wildman–Crippen MR) is 61.4 cm³/mol. The summed E-state index contributed by atoms with van der Waals surface area (Å²) in [6.07, 6.45) is -0.415. The average Bonchev–Trinajstić information content (AvgIpc) is 2.23. The Hall–Kier alpha value is -1.88. The third kappa shape index (κ3) is 3.88. The Morgan fingerprint density at radius 1 is 1.47 bits per heavy atom. The van der Waals surface area contributed by atoms with Crippen LogP contribution >= 0.6 is 11.6 Å². The van der Waals surface area contributed by atoms with Crippen molar-refractivity contribution in [2.75, 3.05) is 5.32 Å². The molecule has 0 radical (unpaired) electrons. The topological polar surface area (TPSA) is 66.4 Å². The number of carbonyl (C=O) groups excluding carboxylic acids is 1. The van der Waals surface area contributed by atoms with Crippen LogP contribution in [0.4, 0.5) is 10.1 Å². The molecule has 0 aliphatic heterocycles. The fourth-order valence-electron chi connectivity index (χ4n) is 1.06. The third-order valence-electron chi connectivity index (χ3n) is 1.88. The van der Waals surface area contributed by atoms with E-state index in [1.807, 2.05) is 0 Å². The molecule has 0 aromatic heterocycles. The molecule has 0 spiro atoms. The first-order chi connectivity index (χ1) is 7.90. The van der Waals surface area contributed by atoms with E-state index >= 15 is 0 Å². The number of benzene rings is 1. The van der Waals surface area contributed by atoms with Crippen LogP contribution in [0, 0.1) is 5.82 Å². The molecule has 90 valence electrons. The van der Waals surface area contributed by atoms with E-state index in [2.05, 4.69) is 11.9 Å². The fourth-order valence-corrected chi connectivity index (χ4v) is 1.23. The quantitative estimate of drug-likeness (QED) is 0.814.